The van der Waals surface area contributed by atoms with E-state index >= 15 is 0 Å². The van der Waals surface area contributed by atoms with Crippen LogP contribution in [-0.4, -0.2) is 31.1 Å². The van der Waals surface area contributed by atoms with Gasteiger partial charge in [0.15, 0.2) is 4.32 Å². The summed E-state index contributed by atoms with van der Waals surface area (Å²) in [7, 11) is 0. The van der Waals surface area contributed by atoms with Crippen molar-refractivity contribution in [1.29, 1.82) is 0 Å². The molecular weight excluding hydrogens is 244 g/mol. The predicted octanol–water partition coefficient (Wildman–Crippen LogP) is 0.928. The van der Waals surface area contributed by atoms with Crippen molar-refractivity contribution in [2.75, 3.05) is 10.8 Å². The molecule has 1 aliphatic rings. The number of aromatic nitrogens is 3. The minimum absolute atomic E-state index is 0.0642. The zero-order valence-corrected chi connectivity index (χ0v) is 9.66. The summed E-state index contributed by atoms with van der Waals surface area (Å²) < 4.78 is 0.514. The Balaban J connectivity index is 2.19. The number of nitrogens with zero attached hydrogens (tertiary/aromatic N) is 4. The van der Waals surface area contributed by atoms with Gasteiger partial charge in [-0.05, 0) is 17.3 Å². The van der Waals surface area contributed by atoms with Crippen molar-refractivity contribution < 1.29 is 4.79 Å². The number of fused-ring (bicyclic) bond motifs is 1. The molecule has 0 unspecified atom stereocenters. The Morgan fingerprint density at radius 1 is 1.38 bits per heavy atom. The number of para-hydroxylation sites is 1. The van der Waals surface area contributed by atoms with Crippen LogP contribution in [0.5, 0.6) is 0 Å². The molecule has 1 saturated heterocycles. The highest BCUT2D eigenvalue weighted by Crippen LogP contribution is 2.20. The van der Waals surface area contributed by atoms with Crippen LogP contribution < -0.4 is 5.01 Å². The summed E-state index contributed by atoms with van der Waals surface area (Å²) in [6.07, 6.45) is 0. The smallest absolute Gasteiger partial charge is 0.259 e. The van der Waals surface area contributed by atoms with Gasteiger partial charge >= 0.3 is 0 Å². The van der Waals surface area contributed by atoms with Crippen LogP contribution in [0, 0.1) is 0 Å². The van der Waals surface area contributed by atoms with Gasteiger partial charge in [-0.15, -0.1) is 9.89 Å². The van der Waals surface area contributed by atoms with Crippen LogP contribution >= 0.6 is 24.0 Å². The van der Waals surface area contributed by atoms with Crippen LogP contribution in [0.2, 0.25) is 0 Å². The number of benzene rings is 1. The number of thiocarbonyl (C=S) groups is 1. The van der Waals surface area contributed by atoms with E-state index in [4.69, 9.17) is 12.2 Å². The van der Waals surface area contributed by atoms with E-state index in [0.29, 0.717) is 10.1 Å². The van der Waals surface area contributed by atoms with Gasteiger partial charge in [0.25, 0.3) is 5.91 Å². The van der Waals surface area contributed by atoms with Crippen LogP contribution in [0.15, 0.2) is 24.3 Å². The zero-order chi connectivity index (χ0) is 11.1. The maximum Gasteiger partial charge on any atom is 0.259 e. The quantitative estimate of drug-likeness (QED) is 0.705. The molecule has 1 aromatic heterocycles. The van der Waals surface area contributed by atoms with E-state index in [-0.39, 0.29) is 5.91 Å². The topological polar surface area (TPSA) is 51.0 Å². The van der Waals surface area contributed by atoms with Gasteiger partial charge in [0.2, 0.25) is 0 Å². The number of amides is 1. The average Bonchev–Trinajstić information content (AvgIpc) is 2.83. The molecule has 1 aliphatic heterocycles. The van der Waals surface area contributed by atoms with E-state index in [1.807, 2.05) is 24.3 Å². The van der Waals surface area contributed by atoms with Gasteiger partial charge in [-0.25, -0.2) is 0 Å². The van der Waals surface area contributed by atoms with E-state index in [0.717, 1.165) is 11.0 Å². The standard InChI is InChI=1S/C9H6N4OS2/c14-8-5-16-9(15)12(8)13-7-4-2-1-3-6(7)10-11-13/h1-4H,5H2. The fourth-order valence-corrected chi connectivity index (χ4v) is 2.56. The molecule has 1 aromatic carbocycles. The second-order valence-corrected chi connectivity index (χ2v) is 4.84. The summed E-state index contributed by atoms with van der Waals surface area (Å²) in [6.45, 7) is 0. The van der Waals surface area contributed by atoms with Crippen molar-refractivity contribution in [3.63, 3.8) is 0 Å². The Morgan fingerprint density at radius 3 is 2.94 bits per heavy atom. The van der Waals surface area contributed by atoms with Crippen molar-refractivity contribution >= 4 is 45.2 Å². The summed E-state index contributed by atoms with van der Waals surface area (Å²) >= 11 is 6.45. The molecule has 1 amide bonds. The molecule has 0 bridgehead atoms. The van der Waals surface area contributed by atoms with Crippen molar-refractivity contribution in [3.8, 4) is 0 Å². The number of thioether (sulfide) groups is 1. The SMILES string of the molecule is O=C1CSC(=S)N1n1nnc2ccccc21. The molecule has 0 atom stereocenters. The van der Waals surface area contributed by atoms with E-state index in [9.17, 15) is 4.79 Å². The lowest BCUT2D eigenvalue weighted by Gasteiger charge is -2.13. The monoisotopic (exact) mass is 250 g/mol. The van der Waals surface area contributed by atoms with Gasteiger partial charge in [0.1, 0.15) is 11.0 Å². The van der Waals surface area contributed by atoms with E-state index in [2.05, 4.69) is 10.3 Å². The Labute approximate surface area is 100 Å². The third kappa shape index (κ3) is 1.32. The first-order chi connectivity index (χ1) is 7.77. The van der Waals surface area contributed by atoms with Crippen molar-refractivity contribution in [2.24, 2.45) is 0 Å². The number of rotatable bonds is 1. The number of carbonyl (C=O) groups is 1. The van der Waals surface area contributed by atoms with Crippen LogP contribution in [0.1, 0.15) is 0 Å². The number of carbonyl (C=O) groups excluding carboxylic acids is 1. The van der Waals surface area contributed by atoms with E-state index in [1.165, 1.54) is 21.6 Å². The second kappa shape index (κ2) is 3.53. The Morgan fingerprint density at radius 2 is 2.19 bits per heavy atom. The summed E-state index contributed by atoms with van der Waals surface area (Å²) in [5.41, 5.74) is 1.52. The molecule has 16 heavy (non-hydrogen) atoms. The fourth-order valence-electron chi connectivity index (χ4n) is 1.53. The van der Waals surface area contributed by atoms with E-state index in [1.54, 1.807) is 0 Å². The predicted molar refractivity (Wildman–Crippen MR) is 65.8 cm³/mol. The molecule has 2 heterocycles. The second-order valence-electron chi connectivity index (χ2n) is 3.23. The summed E-state index contributed by atoms with van der Waals surface area (Å²) in [4.78, 5) is 13.1. The molecule has 0 N–H and O–H groups in total. The highest BCUT2D eigenvalue weighted by atomic mass is 32.2. The molecule has 0 radical (unpaired) electrons. The normalized spacial score (nSPS) is 16.4. The van der Waals surface area contributed by atoms with Gasteiger partial charge in [0, 0.05) is 0 Å². The molecule has 5 nitrogen and oxygen atoms in total. The lowest BCUT2D eigenvalue weighted by Crippen LogP contribution is -2.39. The third-order valence-corrected chi connectivity index (χ3v) is 3.59. The maximum atomic E-state index is 11.7. The third-order valence-electron chi connectivity index (χ3n) is 2.25. The van der Waals surface area contributed by atoms with Crippen molar-refractivity contribution in [3.05, 3.63) is 24.3 Å². The van der Waals surface area contributed by atoms with Crippen LogP contribution in [0.25, 0.3) is 11.0 Å². The van der Waals surface area contributed by atoms with Crippen LogP contribution in [-0.2, 0) is 4.79 Å². The first kappa shape index (κ1) is 9.73. The summed E-state index contributed by atoms with van der Waals surface area (Å²) in [6, 6.07) is 7.45. The molecule has 0 saturated carbocycles. The maximum absolute atomic E-state index is 11.7. The molecule has 7 heteroatoms. The summed E-state index contributed by atoms with van der Waals surface area (Å²) in [5, 5.41) is 9.32. The van der Waals surface area contributed by atoms with E-state index < -0.39 is 0 Å². The highest BCUT2D eigenvalue weighted by molar-refractivity contribution is 8.24. The van der Waals surface area contributed by atoms with Gasteiger partial charge in [-0.1, -0.05) is 36.1 Å². The highest BCUT2D eigenvalue weighted by Gasteiger charge is 2.30. The molecule has 2 aromatic rings. The Hall–Kier alpha value is -1.47. The van der Waals surface area contributed by atoms with Gasteiger partial charge < -0.3 is 0 Å². The Kier molecular flexibility index (Phi) is 2.15. The van der Waals surface area contributed by atoms with Gasteiger partial charge in [-0.3, -0.25) is 4.79 Å². The van der Waals surface area contributed by atoms with Crippen LogP contribution in [0.4, 0.5) is 0 Å². The molecule has 80 valence electrons. The van der Waals surface area contributed by atoms with Gasteiger partial charge in [-0.2, -0.15) is 5.01 Å². The minimum atomic E-state index is -0.0642. The first-order valence-corrected chi connectivity index (χ1v) is 5.97. The van der Waals surface area contributed by atoms with Crippen molar-refractivity contribution in [1.82, 2.24) is 15.1 Å². The Bertz CT molecular complexity index is 578. The largest absolute Gasteiger partial charge is 0.272 e. The average molecular weight is 250 g/mol. The van der Waals surface area contributed by atoms with Gasteiger partial charge in [0.05, 0.1) is 5.75 Å². The molecule has 0 aliphatic carbocycles. The first-order valence-electron chi connectivity index (χ1n) is 4.58. The number of hydrogen-bond donors (Lipinski definition) is 0. The number of hydrogen-bond acceptors (Lipinski definition) is 5. The molecule has 0 spiro atoms. The lowest BCUT2D eigenvalue weighted by atomic mass is 10.3. The molecule has 1 fully saturated rings. The molecular formula is C9H6N4OS2. The van der Waals surface area contributed by atoms with Crippen LogP contribution in [0.3, 0.4) is 0 Å². The zero-order valence-electron chi connectivity index (χ0n) is 8.03. The fraction of sp³-hybridized carbons (Fsp3) is 0.111. The minimum Gasteiger partial charge on any atom is -0.272 e. The van der Waals surface area contributed by atoms with Crippen molar-refractivity contribution in [2.45, 2.75) is 0 Å². The summed E-state index contributed by atoms with van der Waals surface area (Å²) in [5.74, 6) is 0.304. The lowest BCUT2D eigenvalue weighted by molar-refractivity contribution is -0.116. The molecule has 3 rings (SSSR count).